The molecule has 0 unspecified atom stereocenters. The first-order valence-electron chi connectivity index (χ1n) is 13.2. The number of carbonyl (C=O) groups excluding carboxylic acids is 2. The van der Waals surface area contributed by atoms with Crippen molar-refractivity contribution in [2.24, 2.45) is 5.92 Å². The fraction of sp³-hybridized carbons (Fsp3) is 0.643. The number of carbonyl (C=O) groups is 2. The van der Waals surface area contributed by atoms with Gasteiger partial charge in [-0.15, -0.1) is 0 Å². The van der Waals surface area contributed by atoms with E-state index >= 15 is 0 Å². The number of nitrogens with zero attached hydrogens (tertiary/aromatic N) is 1. The number of methoxy groups -OCH3 is 1. The average Bonchev–Trinajstić information content (AvgIpc) is 3.51. The third kappa shape index (κ3) is 3.59. The van der Waals surface area contributed by atoms with E-state index in [1.165, 1.54) is 5.56 Å². The van der Waals surface area contributed by atoms with Gasteiger partial charge in [0.2, 0.25) is 12.4 Å². The molecular weight excluding hydrogens is 462 g/mol. The second-order valence-corrected chi connectivity index (χ2v) is 11.2. The Hall–Kier alpha value is -2.74. The lowest BCUT2D eigenvalue weighted by Gasteiger charge is -2.42. The second-order valence-electron chi connectivity index (χ2n) is 11.2. The van der Waals surface area contributed by atoms with Gasteiger partial charge in [0.25, 0.3) is 0 Å². The van der Waals surface area contributed by atoms with E-state index in [-0.39, 0.29) is 30.6 Å². The van der Waals surface area contributed by atoms with Crippen LogP contribution >= 0.6 is 0 Å². The van der Waals surface area contributed by atoms with Crippen LogP contribution in [-0.4, -0.2) is 61.1 Å². The summed E-state index contributed by atoms with van der Waals surface area (Å²) >= 11 is 0. The van der Waals surface area contributed by atoms with Gasteiger partial charge in [-0.05, 0) is 73.9 Å². The van der Waals surface area contributed by atoms with Crippen molar-refractivity contribution < 1.29 is 33.3 Å². The number of ether oxygens (including phenoxy) is 5. The van der Waals surface area contributed by atoms with Gasteiger partial charge >= 0.3 is 11.9 Å². The molecule has 194 valence electrons. The summed E-state index contributed by atoms with van der Waals surface area (Å²) in [6.45, 7) is 6.40. The monoisotopic (exact) mass is 497 g/mol. The normalized spacial score (nSPS) is 32.1. The van der Waals surface area contributed by atoms with Crippen LogP contribution in [-0.2, 0) is 30.2 Å². The van der Waals surface area contributed by atoms with Crippen LogP contribution in [0.5, 0.6) is 11.5 Å². The number of hydrogen-bond acceptors (Lipinski definition) is 8. The van der Waals surface area contributed by atoms with E-state index in [1.807, 2.05) is 0 Å². The molecule has 0 amide bonds. The highest BCUT2D eigenvalue weighted by Gasteiger charge is 2.60. The van der Waals surface area contributed by atoms with E-state index in [2.05, 4.69) is 37.0 Å². The second kappa shape index (κ2) is 8.68. The molecule has 4 atom stereocenters. The summed E-state index contributed by atoms with van der Waals surface area (Å²) in [5, 5.41) is 0. The summed E-state index contributed by atoms with van der Waals surface area (Å²) in [7, 11) is 1.64. The predicted octanol–water partition coefficient (Wildman–Crippen LogP) is 3.86. The largest absolute Gasteiger partial charge is 0.497 e. The molecule has 8 heteroatoms. The molecule has 0 aromatic heterocycles. The van der Waals surface area contributed by atoms with Crippen LogP contribution in [0.3, 0.4) is 0 Å². The van der Waals surface area contributed by atoms with Crippen LogP contribution in [0.2, 0.25) is 0 Å². The highest BCUT2D eigenvalue weighted by molar-refractivity contribution is 5.93. The first-order valence-corrected chi connectivity index (χ1v) is 13.2. The Kier molecular flexibility index (Phi) is 5.70. The van der Waals surface area contributed by atoms with Crippen molar-refractivity contribution in [3.8, 4) is 11.5 Å². The molecule has 2 saturated heterocycles. The molecule has 4 aliphatic heterocycles. The zero-order chi connectivity index (χ0) is 25.1. The molecule has 8 nitrogen and oxygen atoms in total. The molecule has 1 aromatic rings. The molecular formula is C28H35NO7. The van der Waals surface area contributed by atoms with Gasteiger partial charge in [-0.2, -0.15) is 0 Å². The smallest absolute Gasteiger partial charge is 0.351 e. The molecule has 4 heterocycles. The topological polar surface area (TPSA) is 83.5 Å². The lowest BCUT2D eigenvalue weighted by atomic mass is 9.77. The number of benzene rings is 1. The molecule has 5 aliphatic rings. The summed E-state index contributed by atoms with van der Waals surface area (Å²) in [4.78, 5) is 28.1. The van der Waals surface area contributed by atoms with Crippen LogP contribution in [0.15, 0.2) is 24.0 Å². The van der Waals surface area contributed by atoms with E-state index in [4.69, 9.17) is 23.7 Å². The molecule has 0 N–H and O–H groups in total. The van der Waals surface area contributed by atoms with E-state index in [1.54, 1.807) is 7.11 Å². The number of cyclic esters (lactones) is 1. The zero-order valence-corrected chi connectivity index (χ0v) is 21.3. The SMILES string of the molecule is COC1=C[C@]23CCCN2CCc2cc4c(cc2[C@@H]3[C@@H]1OC(=O)[C@@]1(CCCC(C)C)CC(=O)O1)OCO4. The van der Waals surface area contributed by atoms with Crippen LogP contribution in [0.1, 0.15) is 69.4 Å². The Labute approximate surface area is 211 Å². The van der Waals surface area contributed by atoms with Crippen molar-refractivity contribution in [2.45, 2.75) is 82.0 Å². The van der Waals surface area contributed by atoms with Crippen molar-refractivity contribution in [1.29, 1.82) is 0 Å². The van der Waals surface area contributed by atoms with E-state index in [0.717, 1.165) is 62.3 Å². The number of fused-ring (bicyclic) bond motifs is 3. The van der Waals surface area contributed by atoms with Crippen molar-refractivity contribution in [1.82, 2.24) is 4.90 Å². The van der Waals surface area contributed by atoms with Crippen LogP contribution in [0, 0.1) is 5.92 Å². The lowest BCUT2D eigenvalue weighted by molar-refractivity contribution is -0.212. The van der Waals surface area contributed by atoms with E-state index < -0.39 is 17.7 Å². The van der Waals surface area contributed by atoms with Gasteiger partial charge in [-0.1, -0.05) is 20.3 Å². The summed E-state index contributed by atoms with van der Waals surface area (Å²) in [5.41, 5.74) is 0.810. The van der Waals surface area contributed by atoms with Crippen LogP contribution in [0.25, 0.3) is 0 Å². The van der Waals surface area contributed by atoms with Gasteiger partial charge in [0.15, 0.2) is 17.6 Å². The maximum absolute atomic E-state index is 13.7. The van der Waals surface area contributed by atoms with Gasteiger partial charge < -0.3 is 23.7 Å². The first-order chi connectivity index (χ1) is 17.3. The molecule has 36 heavy (non-hydrogen) atoms. The van der Waals surface area contributed by atoms with Crippen LogP contribution < -0.4 is 9.47 Å². The predicted molar refractivity (Wildman–Crippen MR) is 130 cm³/mol. The van der Waals surface area contributed by atoms with E-state index in [9.17, 15) is 9.59 Å². The third-order valence-electron chi connectivity index (χ3n) is 8.67. The molecule has 1 aliphatic carbocycles. The Balaban J connectivity index is 1.36. The standard InChI is InChI=1S/C28H35NO7/c1-17(2)6-4-9-28(15-23(30)36-28)26(31)35-25-22(32-3)14-27-8-5-10-29(27)11-7-18-12-20-21(34-16-33-20)13-19(18)24(25)27/h12-14,17,24-25H,4-11,15-16H2,1-3H3/t24-,25-,27+,28-/m1/s1. The minimum absolute atomic E-state index is 0.0693. The highest BCUT2D eigenvalue weighted by Crippen LogP contribution is 2.56. The number of esters is 2. The quantitative estimate of drug-likeness (QED) is 0.526. The molecule has 0 bridgehead atoms. The van der Waals surface area contributed by atoms with Gasteiger partial charge in [0.1, 0.15) is 5.76 Å². The molecule has 1 spiro atoms. The Morgan fingerprint density at radius 2 is 2.00 bits per heavy atom. The fourth-order valence-corrected chi connectivity index (χ4v) is 6.91. The third-order valence-corrected chi connectivity index (χ3v) is 8.67. The van der Waals surface area contributed by atoms with Crippen LogP contribution in [0.4, 0.5) is 0 Å². The summed E-state index contributed by atoms with van der Waals surface area (Å²) in [6, 6.07) is 4.15. The Bertz CT molecular complexity index is 1100. The van der Waals surface area contributed by atoms with Crippen molar-refractivity contribution in [2.75, 3.05) is 27.0 Å². The van der Waals surface area contributed by atoms with Gasteiger partial charge in [0.05, 0.1) is 25.0 Å². The Morgan fingerprint density at radius 3 is 2.72 bits per heavy atom. The van der Waals surface area contributed by atoms with Crippen molar-refractivity contribution in [3.05, 3.63) is 35.1 Å². The highest BCUT2D eigenvalue weighted by atomic mass is 16.7. The van der Waals surface area contributed by atoms with Crippen molar-refractivity contribution >= 4 is 11.9 Å². The number of rotatable bonds is 7. The fourth-order valence-electron chi connectivity index (χ4n) is 6.91. The summed E-state index contributed by atoms with van der Waals surface area (Å²) in [5.74, 6) is 1.70. The van der Waals surface area contributed by atoms with E-state index in [0.29, 0.717) is 18.1 Å². The summed E-state index contributed by atoms with van der Waals surface area (Å²) < 4.78 is 29.1. The zero-order valence-electron chi connectivity index (χ0n) is 21.3. The maximum Gasteiger partial charge on any atom is 0.351 e. The van der Waals surface area contributed by atoms with Crippen molar-refractivity contribution in [3.63, 3.8) is 0 Å². The molecule has 6 rings (SSSR count). The van der Waals surface area contributed by atoms with Gasteiger partial charge in [0, 0.05) is 6.54 Å². The Morgan fingerprint density at radius 1 is 1.22 bits per heavy atom. The maximum atomic E-state index is 13.7. The minimum Gasteiger partial charge on any atom is -0.497 e. The minimum atomic E-state index is -1.20. The lowest BCUT2D eigenvalue weighted by Crippen LogP contribution is -2.56. The summed E-state index contributed by atoms with van der Waals surface area (Å²) in [6.07, 6.45) is 6.79. The molecule has 0 radical (unpaired) electrons. The van der Waals surface area contributed by atoms with Gasteiger partial charge in [-0.25, -0.2) is 4.79 Å². The molecule has 2 fully saturated rings. The van der Waals surface area contributed by atoms with Gasteiger partial charge in [-0.3, -0.25) is 9.69 Å². The molecule has 1 aromatic carbocycles. The average molecular weight is 498 g/mol. The first kappa shape index (κ1) is 23.6. The molecule has 0 saturated carbocycles. The number of hydrogen-bond donors (Lipinski definition) is 0.